The Kier molecular flexibility index (Phi) is 11.9. The van der Waals surface area contributed by atoms with Gasteiger partial charge in [-0.1, -0.05) is 27.7 Å². The van der Waals surface area contributed by atoms with E-state index in [0.717, 1.165) is 0 Å². The number of aliphatic hydroxyl groups excluding tert-OH is 1. The minimum Gasteiger partial charge on any atom is -0.394 e. The lowest BCUT2D eigenvalue weighted by Crippen LogP contribution is -2.59. The van der Waals surface area contributed by atoms with Crippen LogP contribution in [0.2, 0.25) is 0 Å². The third kappa shape index (κ3) is 10.1. The van der Waals surface area contributed by atoms with Crippen molar-refractivity contribution in [2.24, 2.45) is 17.6 Å². The van der Waals surface area contributed by atoms with E-state index in [1.807, 2.05) is 13.8 Å². The van der Waals surface area contributed by atoms with E-state index in [1.54, 1.807) is 13.8 Å². The number of aromatic amines is 1. The number of aromatic nitrogens is 2. The quantitative estimate of drug-likeness (QED) is 0.156. The largest absolute Gasteiger partial charge is 0.394 e. The van der Waals surface area contributed by atoms with Gasteiger partial charge in [0.25, 0.3) is 0 Å². The first-order valence-corrected chi connectivity index (χ1v) is 11.4. The molecule has 0 aliphatic heterocycles. The van der Waals surface area contributed by atoms with E-state index in [1.165, 1.54) is 19.4 Å². The first-order valence-electron chi connectivity index (χ1n) is 11.4. The molecule has 5 amide bonds. The number of nitrogens with one attached hydrogen (secondary N) is 5. The van der Waals surface area contributed by atoms with Crippen LogP contribution in [0, 0.1) is 11.8 Å². The summed E-state index contributed by atoms with van der Waals surface area (Å²) < 4.78 is 0. The van der Waals surface area contributed by atoms with Crippen LogP contribution >= 0.6 is 0 Å². The second-order valence-corrected chi connectivity index (χ2v) is 9.10. The summed E-state index contributed by atoms with van der Waals surface area (Å²) in [5.74, 6) is -3.51. The molecular weight excluding hydrogens is 458 g/mol. The molecule has 0 unspecified atom stereocenters. The fourth-order valence-corrected chi connectivity index (χ4v) is 3.33. The molecule has 0 aromatic carbocycles. The molecule has 35 heavy (non-hydrogen) atoms. The van der Waals surface area contributed by atoms with Crippen molar-refractivity contribution in [2.45, 2.75) is 71.6 Å². The first kappa shape index (κ1) is 29.6. The van der Waals surface area contributed by atoms with Gasteiger partial charge in [0.1, 0.15) is 24.2 Å². The molecule has 1 heterocycles. The molecule has 1 aromatic heterocycles. The van der Waals surface area contributed by atoms with Gasteiger partial charge in [0.05, 0.1) is 12.9 Å². The van der Waals surface area contributed by atoms with Gasteiger partial charge in [0.15, 0.2) is 0 Å². The summed E-state index contributed by atoms with van der Waals surface area (Å²) in [7, 11) is 0. The number of aliphatic hydroxyl groups is 1. The maximum Gasteiger partial charge on any atom is 0.245 e. The van der Waals surface area contributed by atoms with Crippen LogP contribution in [0.3, 0.4) is 0 Å². The van der Waals surface area contributed by atoms with Crippen LogP contribution in [-0.2, 0) is 30.4 Å². The van der Waals surface area contributed by atoms with Gasteiger partial charge >= 0.3 is 0 Å². The van der Waals surface area contributed by atoms with Crippen LogP contribution in [0.1, 0.15) is 46.7 Å². The van der Waals surface area contributed by atoms with Gasteiger partial charge in [0.2, 0.25) is 29.5 Å². The van der Waals surface area contributed by atoms with E-state index >= 15 is 0 Å². The molecule has 0 saturated carbocycles. The van der Waals surface area contributed by atoms with Crippen molar-refractivity contribution < 1.29 is 29.1 Å². The number of carbonyl (C=O) groups excluding carboxylic acids is 5. The lowest BCUT2D eigenvalue weighted by molar-refractivity contribution is -0.135. The third-order valence-electron chi connectivity index (χ3n) is 5.10. The average molecular weight is 496 g/mol. The number of hydrogen-bond donors (Lipinski definition) is 7. The summed E-state index contributed by atoms with van der Waals surface area (Å²) >= 11 is 0. The highest BCUT2D eigenvalue weighted by Crippen LogP contribution is 2.09. The normalized spacial score (nSPS) is 14.5. The van der Waals surface area contributed by atoms with E-state index < -0.39 is 60.3 Å². The predicted molar refractivity (Wildman–Crippen MR) is 126 cm³/mol. The molecule has 1 aromatic rings. The van der Waals surface area contributed by atoms with Crippen LogP contribution in [0.4, 0.5) is 0 Å². The van der Waals surface area contributed by atoms with Crippen molar-refractivity contribution in [1.29, 1.82) is 0 Å². The summed E-state index contributed by atoms with van der Waals surface area (Å²) in [5.41, 5.74) is 5.93. The van der Waals surface area contributed by atoms with E-state index in [9.17, 15) is 29.1 Å². The van der Waals surface area contributed by atoms with Crippen molar-refractivity contribution in [1.82, 2.24) is 31.2 Å². The average Bonchev–Trinajstić information content (AvgIpc) is 3.26. The van der Waals surface area contributed by atoms with Crippen molar-refractivity contribution in [2.75, 3.05) is 6.61 Å². The number of primary amides is 1. The van der Waals surface area contributed by atoms with Gasteiger partial charge in [-0.15, -0.1) is 0 Å². The number of hydrogen-bond acceptors (Lipinski definition) is 7. The standard InChI is InChI=1S/C22H37N7O6/c1-11(2)6-15(21(34)29-18(12(3)4)19(23)32)27-20(33)16(7-14-8-24-10-25-14)28-22(35)17(9-30)26-13(5)31/h8,10-12,15-18,30H,6-7,9H2,1-5H3,(H2,23,32)(H,24,25)(H,26,31)(H,27,33)(H,28,35)(H,29,34)/t15-,16-,17-,18-/m0/s1. The summed E-state index contributed by atoms with van der Waals surface area (Å²) in [5, 5.41) is 19.5. The number of H-pyrrole nitrogens is 1. The third-order valence-corrected chi connectivity index (χ3v) is 5.10. The molecule has 8 N–H and O–H groups in total. The lowest BCUT2D eigenvalue weighted by atomic mass is 9.99. The van der Waals surface area contributed by atoms with Crippen LogP contribution < -0.4 is 27.0 Å². The van der Waals surface area contributed by atoms with Gasteiger partial charge in [0, 0.05) is 25.2 Å². The van der Waals surface area contributed by atoms with Gasteiger partial charge in [-0.25, -0.2) is 4.98 Å². The summed E-state index contributed by atoms with van der Waals surface area (Å²) in [6.45, 7) is 7.71. The van der Waals surface area contributed by atoms with Crippen molar-refractivity contribution >= 4 is 29.5 Å². The molecule has 0 radical (unpaired) electrons. The summed E-state index contributed by atoms with van der Waals surface area (Å²) in [6, 6.07) is -4.35. The maximum atomic E-state index is 13.2. The molecule has 0 aliphatic rings. The molecule has 0 spiro atoms. The second-order valence-electron chi connectivity index (χ2n) is 9.10. The Balaban J connectivity index is 3.10. The number of nitrogens with two attached hydrogens (primary N) is 1. The minimum absolute atomic E-state index is 0.00170. The van der Waals surface area contributed by atoms with E-state index in [2.05, 4.69) is 31.2 Å². The van der Waals surface area contributed by atoms with E-state index in [0.29, 0.717) is 5.69 Å². The molecule has 0 fully saturated rings. The molecule has 0 saturated heterocycles. The second kappa shape index (κ2) is 14.0. The molecular formula is C22H37N7O6. The zero-order chi connectivity index (χ0) is 26.7. The first-order chi connectivity index (χ1) is 16.3. The van der Waals surface area contributed by atoms with E-state index in [-0.39, 0.29) is 24.7 Å². The Hall–Kier alpha value is -3.48. The number of rotatable bonds is 14. The van der Waals surface area contributed by atoms with Crippen LogP contribution in [0.5, 0.6) is 0 Å². The van der Waals surface area contributed by atoms with E-state index in [4.69, 9.17) is 5.73 Å². The highest BCUT2D eigenvalue weighted by molar-refractivity contribution is 5.95. The smallest absolute Gasteiger partial charge is 0.245 e. The fourth-order valence-electron chi connectivity index (χ4n) is 3.33. The maximum absolute atomic E-state index is 13.2. The lowest BCUT2D eigenvalue weighted by Gasteiger charge is -2.27. The van der Waals surface area contributed by atoms with Crippen LogP contribution in [-0.4, -0.2) is 75.4 Å². The van der Waals surface area contributed by atoms with Crippen LogP contribution in [0.15, 0.2) is 12.5 Å². The van der Waals surface area contributed by atoms with Gasteiger partial charge in [-0.2, -0.15) is 0 Å². The molecule has 0 bridgehead atoms. The molecule has 13 nitrogen and oxygen atoms in total. The van der Waals surface area contributed by atoms with Gasteiger partial charge in [-0.3, -0.25) is 24.0 Å². The Bertz CT molecular complexity index is 872. The Morgan fingerprint density at radius 1 is 0.943 bits per heavy atom. The highest BCUT2D eigenvalue weighted by Gasteiger charge is 2.32. The van der Waals surface area contributed by atoms with Crippen molar-refractivity contribution in [3.05, 3.63) is 18.2 Å². The summed E-state index contributed by atoms with van der Waals surface area (Å²) in [4.78, 5) is 68.6. The van der Waals surface area contributed by atoms with Gasteiger partial charge < -0.3 is 37.1 Å². The Morgan fingerprint density at radius 3 is 1.97 bits per heavy atom. The highest BCUT2D eigenvalue weighted by atomic mass is 16.3. The molecule has 0 aliphatic carbocycles. The number of amides is 5. The SMILES string of the molecule is CC(=O)N[C@@H](CO)C(=O)N[C@@H](Cc1cnc[nH]1)C(=O)N[C@@H](CC(C)C)C(=O)N[C@H](C(N)=O)C(C)C. The molecule has 4 atom stereocenters. The molecule has 196 valence electrons. The van der Waals surface area contributed by atoms with Gasteiger partial charge in [-0.05, 0) is 18.3 Å². The van der Waals surface area contributed by atoms with Crippen molar-refractivity contribution in [3.8, 4) is 0 Å². The number of carbonyl (C=O) groups is 5. The zero-order valence-corrected chi connectivity index (χ0v) is 20.8. The topological polar surface area (TPSA) is 208 Å². The monoisotopic (exact) mass is 495 g/mol. The molecule has 1 rings (SSSR count). The number of nitrogens with zero attached hydrogens (tertiary/aromatic N) is 1. The summed E-state index contributed by atoms with van der Waals surface area (Å²) in [6.07, 6.45) is 3.14. The minimum atomic E-state index is -1.26. The number of imidazole rings is 1. The van der Waals surface area contributed by atoms with Crippen molar-refractivity contribution in [3.63, 3.8) is 0 Å². The molecule has 13 heteroatoms. The Morgan fingerprint density at radius 2 is 1.51 bits per heavy atom. The van der Waals surface area contributed by atoms with Crippen LogP contribution in [0.25, 0.3) is 0 Å². The predicted octanol–water partition coefficient (Wildman–Crippen LogP) is -1.91. The zero-order valence-electron chi connectivity index (χ0n) is 20.8. The Labute approximate surface area is 204 Å². The fraction of sp³-hybridized carbons (Fsp3) is 0.636.